The quantitative estimate of drug-likeness (QED) is 0.207. The third-order valence-electron chi connectivity index (χ3n) is 6.01. The molecule has 9 heteroatoms. The second-order valence-electron chi connectivity index (χ2n) is 8.24. The molecule has 0 spiro atoms. The third kappa shape index (κ3) is 4.92. The molecule has 2 unspecified atom stereocenters. The number of nitrogens with zero attached hydrogens (tertiary/aromatic N) is 3. The zero-order valence-electron chi connectivity index (χ0n) is 19.5. The molecule has 5 rings (SSSR count). The number of hydrogen-bond acceptors (Lipinski definition) is 4. The van der Waals surface area contributed by atoms with Crippen LogP contribution in [0.1, 0.15) is 23.5 Å². The third-order valence-corrected chi connectivity index (χ3v) is 6.85. The largest absolute Gasteiger partial charge is 0.490 e. The van der Waals surface area contributed by atoms with Gasteiger partial charge in [0.2, 0.25) is 0 Å². The molecule has 0 bridgehead atoms. The van der Waals surface area contributed by atoms with Gasteiger partial charge in [-0.3, -0.25) is 4.98 Å². The summed E-state index contributed by atoms with van der Waals surface area (Å²) in [6.07, 6.45) is 3.81. The molecule has 2 aromatic carbocycles. The maximum absolute atomic E-state index is 6.62. The number of nitrogens with one attached hydrogen (secondary N) is 1. The van der Waals surface area contributed by atoms with E-state index in [4.69, 9.17) is 44.9 Å². The summed E-state index contributed by atoms with van der Waals surface area (Å²) in [5.74, 6) is 0.593. The molecule has 4 aromatic rings. The number of ether oxygens (including phenoxy) is 2. The number of aromatic nitrogens is 2. The first kappa shape index (κ1) is 24.6. The van der Waals surface area contributed by atoms with Crippen molar-refractivity contribution in [1.29, 1.82) is 0 Å². The van der Waals surface area contributed by atoms with Gasteiger partial charge in [-0.1, -0.05) is 35.3 Å². The molecule has 1 saturated heterocycles. The van der Waals surface area contributed by atoms with Crippen molar-refractivity contribution in [3.05, 3.63) is 107 Å². The number of thiocarbonyl (C=S) groups is 1. The number of pyridine rings is 1. The van der Waals surface area contributed by atoms with Crippen LogP contribution in [-0.4, -0.2) is 35.0 Å². The summed E-state index contributed by atoms with van der Waals surface area (Å²) in [6, 6.07) is 23.1. The maximum atomic E-state index is 6.62. The van der Waals surface area contributed by atoms with E-state index in [1.165, 1.54) is 0 Å². The molecule has 2 atom stereocenters. The average Bonchev–Trinajstić information content (AvgIpc) is 3.50. The summed E-state index contributed by atoms with van der Waals surface area (Å²) in [6.45, 7) is 0.892. The van der Waals surface area contributed by atoms with E-state index in [9.17, 15) is 0 Å². The molecule has 2 aromatic heterocycles. The summed E-state index contributed by atoms with van der Waals surface area (Å²) in [5, 5.41) is 5.23. The molecule has 1 aliphatic heterocycles. The molecule has 0 aliphatic carbocycles. The number of rotatable bonds is 8. The topological polar surface area (TPSA) is 51.6 Å². The highest BCUT2D eigenvalue weighted by Crippen LogP contribution is 2.43. The Labute approximate surface area is 225 Å². The zero-order chi connectivity index (χ0) is 25.1. The van der Waals surface area contributed by atoms with Gasteiger partial charge in [0.05, 0.1) is 23.4 Å². The lowest BCUT2D eigenvalue weighted by atomic mass is 10.0. The molecule has 0 radical (unpaired) electrons. The molecule has 1 aliphatic rings. The van der Waals surface area contributed by atoms with Crippen LogP contribution in [0.4, 0.5) is 5.69 Å². The van der Waals surface area contributed by atoms with Gasteiger partial charge < -0.3 is 24.3 Å². The van der Waals surface area contributed by atoms with Crippen molar-refractivity contribution < 1.29 is 9.47 Å². The van der Waals surface area contributed by atoms with Gasteiger partial charge in [0.1, 0.15) is 18.4 Å². The van der Waals surface area contributed by atoms with Crippen LogP contribution in [0.3, 0.4) is 0 Å². The Balaban J connectivity index is 1.59. The minimum absolute atomic E-state index is 0.192. The Bertz CT molecular complexity index is 1360. The first-order chi connectivity index (χ1) is 17.6. The maximum Gasteiger partial charge on any atom is 0.174 e. The van der Waals surface area contributed by atoms with Gasteiger partial charge in [0.25, 0.3) is 0 Å². The van der Waals surface area contributed by atoms with Crippen molar-refractivity contribution in [1.82, 2.24) is 14.9 Å². The van der Waals surface area contributed by atoms with E-state index in [0.29, 0.717) is 34.1 Å². The van der Waals surface area contributed by atoms with Crippen molar-refractivity contribution in [2.45, 2.75) is 12.1 Å². The Morgan fingerprint density at radius 2 is 1.86 bits per heavy atom. The molecule has 0 amide bonds. The lowest BCUT2D eigenvalue weighted by molar-refractivity contribution is 0.146. The normalized spacial score (nSPS) is 17.3. The predicted molar refractivity (Wildman–Crippen MR) is 148 cm³/mol. The van der Waals surface area contributed by atoms with Crippen LogP contribution in [0.2, 0.25) is 10.0 Å². The fraction of sp³-hybridized carbons (Fsp3) is 0.185. The van der Waals surface area contributed by atoms with E-state index in [1.54, 1.807) is 13.3 Å². The standard InChI is InChI=1S/C27H24Cl2N4O2S/c1-34-14-15-35-24-11-10-20(17-21(24)29)33-26(25(31-27(33)36)22-8-2-3-12-30-22)23-9-5-13-32(23)19-7-4-6-18(28)16-19/h2-13,16-17,25-26H,14-15H2,1H3,(H,31,36). The van der Waals surface area contributed by atoms with Crippen LogP contribution in [0.15, 0.2) is 85.2 Å². The summed E-state index contributed by atoms with van der Waals surface area (Å²) >= 11 is 18.8. The van der Waals surface area contributed by atoms with Crippen molar-refractivity contribution in [2.24, 2.45) is 0 Å². The highest BCUT2D eigenvalue weighted by molar-refractivity contribution is 7.80. The number of anilines is 1. The van der Waals surface area contributed by atoms with E-state index < -0.39 is 0 Å². The fourth-order valence-corrected chi connectivity index (χ4v) is 5.18. The van der Waals surface area contributed by atoms with E-state index in [-0.39, 0.29) is 12.1 Å². The highest BCUT2D eigenvalue weighted by atomic mass is 35.5. The number of halogens is 2. The van der Waals surface area contributed by atoms with E-state index in [2.05, 4.69) is 25.8 Å². The van der Waals surface area contributed by atoms with Crippen LogP contribution in [0, 0.1) is 0 Å². The monoisotopic (exact) mass is 538 g/mol. The number of hydrogen-bond donors (Lipinski definition) is 1. The SMILES string of the molecule is COCCOc1ccc(N2C(=S)NC(c3ccccn3)C2c2cccn2-c2cccc(Cl)c2)cc1Cl. The zero-order valence-corrected chi connectivity index (χ0v) is 21.8. The second kappa shape index (κ2) is 10.9. The van der Waals surface area contributed by atoms with Gasteiger partial charge in [-0.2, -0.15) is 0 Å². The van der Waals surface area contributed by atoms with Gasteiger partial charge in [-0.25, -0.2) is 0 Å². The lowest BCUT2D eigenvalue weighted by Crippen LogP contribution is -2.30. The van der Waals surface area contributed by atoms with Crippen LogP contribution in [-0.2, 0) is 4.74 Å². The van der Waals surface area contributed by atoms with Crippen LogP contribution in [0.25, 0.3) is 5.69 Å². The van der Waals surface area contributed by atoms with Crippen LogP contribution in [0.5, 0.6) is 5.75 Å². The Morgan fingerprint density at radius 1 is 0.972 bits per heavy atom. The Morgan fingerprint density at radius 3 is 2.61 bits per heavy atom. The van der Waals surface area contributed by atoms with Crippen LogP contribution >= 0.6 is 35.4 Å². The molecule has 6 nitrogen and oxygen atoms in total. The van der Waals surface area contributed by atoms with Crippen molar-refractivity contribution >= 4 is 46.2 Å². The molecular weight excluding hydrogens is 515 g/mol. The predicted octanol–water partition coefficient (Wildman–Crippen LogP) is 6.38. The summed E-state index contributed by atoms with van der Waals surface area (Å²) < 4.78 is 12.9. The van der Waals surface area contributed by atoms with E-state index in [0.717, 1.165) is 22.8 Å². The molecule has 3 heterocycles. The molecule has 0 saturated carbocycles. The molecule has 1 fully saturated rings. The number of methoxy groups -OCH3 is 1. The summed E-state index contributed by atoms with van der Waals surface area (Å²) in [7, 11) is 1.63. The first-order valence-electron chi connectivity index (χ1n) is 11.4. The van der Waals surface area contributed by atoms with E-state index >= 15 is 0 Å². The molecule has 1 N–H and O–H groups in total. The fourth-order valence-electron chi connectivity index (χ4n) is 4.42. The first-order valence-corrected chi connectivity index (χ1v) is 12.6. The summed E-state index contributed by atoms with van der Waals surface area (Å²) in [5.41, 5.74) is 3.72. The highest BCUT2D eigenvalue weighted by Gasteiger charge is 2.42. The average molecular weight is 539 g/mol. The summed E-state index contributed by atoms with van der Waals surface area (Å²) in [4.78, 5) is 6.72. The van der Waals surface area contributed by atoms with Gasteiger partial charge in [-0.15, -0.1) is 0 Å². The molecule has 184 valence electrons. The minimum atomic E-state index is -0.210. The number of benzene rings is 2. The van der Waals surface area contributed by atoms with Crippen LogP contribution < -0.4 is 15.0 Å². The van der Waals surface area contributed by atoms with Crippen molar-refractivity contribution in [2.75, 3.05) is 25.2 Å². The van der Waals surface area contributed by atoms with E-state index in [1.807, 2.05) is 72.9 Å². The Kier molecular flexibility index (Phi) is 7.43. The lowest BCUT2D eigenvalue weighted by Gasteiger charge is -2.29. The van der Waals surface area contributed by atoms with Gasteiger partial charge >= 0.3 is 0 Å². The molecule has 36 heavy (non-hydrogen) atoms. The van der Waals surface area contributed by atoms with Crippen molar-refractivity contribution in [3.63, 3.8) is 0 Å². The minimum Gasteiger partial charge on any atom is -0.490 e. The smallest absolute Gasteiger partial charge is 0.174 e. The van der Waals surface area contributed by atoms with Gasteiger partial charge in [0.15, 0.2) is 5.11 Å². The van der Waals surface area contributed by atoms with Gasteiger partial charge in [-0.05, 0) is 72.9 Å². The Hall–Kier alpha value is -3.10. The van der Waals surface area contributed by atoms with Gasteiger partial charge in [0, 0.05) is 41.6 Å². The molecular formula is C27H24Cl2N4O2S. The van der Waals surface area contributed by atoms with Crippen molar-refractivity contribution in [3.8, 4) is 11.4 Å². The second-order valence-corrected chi connectivity index (χ2v) is 9.47.